The number of ketones is 1. The number of hydrogen-bond donors (Lipinski definition) is 0. The Hall–Kier alpha value is -2.62. The summed E-state index contributed by atoms with van der Waals surface area (Å²) in [5.41, 5.74) is 5.54. The van der Waals surface area contributed by atoms with Crippen molar-refractivity contribution in [2.45, 2.75) is 64.9 Å². The van der Waals surface area contributed by atoms with Gasteiger partial charge in [0.2, 0.25) is 0 Å². The molecule has 1 aliphatic rings. The Kier molecular flexibility index (Phi) is 5.47. The van der Waals surface area contributed by atoms with Crippen molar-refractivity contribution in [2.24, 2.45) is 0 Å². The maximum absolute atomic E-state index is 11.1. The largest absolute Gasteiger partial charge is 0.489 e. The van der Waals surface area contributed by atoms with Crippen molar-refractivity contribution < 1.29 is 13.9 Å². The van der Waals surface area contributed by atoms with E-state index in [0.29, 0.717) is 30.9 Å². The second-order valence-electron chi connectivity index (χ2n) is 7.90. The number of aromatic nitrogens is 1. The molecule has 1 aliphatic carbocycles. The first-order valence-corrected chi connectivity index (χ1v) is 10.2. The Balaban J connectivity index is 1.42. The Bertz CT molecular complexity index is 983. The highest BCUT2D eigenvalue weighted by Crippen LogP contribution is 2.36. The van der Waals surface area contributed by atoms with E-state index in [0.717, 1.165) is 17.2 Å². The molecule has 0 aliphatic heterocycles. The average molecular weight is 377 g/mol. The zero-order chi connectivity index (χ0) is 19.5. The van der Waals surface area contributed by atoms with E-state index in [2.05, 4.69) is 30.1 Å². The van der Waals surface area contributed by atoms with Gasteiger partial charge >= 0.3 is 0 Å². The average Bonchev–Trinajstić information content (AvgIpc) is 3.34. The van der Waals surface area contributed by atoms with Crippen molar-refractivity contribution in [3.8, 4) is 5.75 Å². The number of carbonyl (C=O) groups excluding carboxylic acids is 1. The molecular formula is C24H27NO3. The minimum atomic E-state index is 0.139. The van der Waals surface area contributed by atoms with Crippen LogP contribution in [0.5, 0.6) is 5.75 Å². The van der Waals surface area contributed by atoms with Crippen molar-refractivity contribution in [1.29, 1.82) is 0 Å². The molecule has 1 heterocycles. The van der Waals surface area contributed by atoms with Gasteiger partial charge in [0.05, 0.1) is 0 Å². The van der Waals surface area contributed by atoms with Gasteiger partial charge in [-0.2, -0.15) is 0 Å². The quantitative estimate of drug-likeness (QED) is 0.515. The fourth-order valence-corrected chi connectivity index (χ4v) is 4.12. The predicted octanol–water partition coefficient (Wildman–Crippen LogP) is 5.89. The van der Waals surface area contributed by atoms with Crippen LogP contribution in [0, 0.1) is 6.92 Å². The molecule has 2 aromatic carbocycles. The number of hydrogen-bond acceptors (Lipinski definition) is 4. The van der Waals surface area contributed by atoms with E-state index in [1.807, 2.05) is 18.2 Å². The first-order valence-electron chi connectivity index (χ1n) is 10.2. The van der Waals surface area contributed by atoms with Gasteiger partial charge in [-0.15, -0.1) is 0 Å². The van der Waals surface area contributed by atoms with Gasteiger partial charge in [-0.05, 0) is 61.4 Å². The molecule has 0 bridgehead atoms. The summed E-state index contributed by atoms with van der Waals surface area (Å²) in [5.74, 6) is 2.24. The molecule has 146 valence electrons. The molecule has 0 atom stereocenters. The van der Waals surface area contributed by atoms with E-state index in [1.54, 1.807) is 6.92 Å². The second kappa shape index (κ2) is 8.17. The molecule has 4 nitrogen and oxygen atoms in total. The molecule has 1 aromatic heterocycles. The molecule has 0 amide bonds. The minimum absolute atomic E-state index is 0.139. The van der Waals surface area contributed by atoms with Crippen LogP contribution < -0.4 is 4.74 Å². The summed E-state index contributed by atoms with van der Waals surface area (Å²) in [6, 6.07) is 12.4. The lowest BCUT2D eigenvalue weighted by molar-refractivity contribution is -0.117. The number of rotatable bonds is 7. The van der Waals surface area contributed by atoms with Crippen LogP contribution in [0.25, 0.3) is 11.1 Å². The van der Waals surface area contributed by atoms with Crippen LogP contribution in [0.1, 0.15) is 67.5 Å². The van der Waals surface area contributed by atoms with Crippen molar-refractivity contribution in [1.82, 2.24) is 4.98 Å². The molecule has 1 fully saturated rings. The van der Waals surface area contributed by atoms with Crippen LogP contribution >= 0.6 is 0 Å². The molecule has 4 heteroatoms. The van der Waals surface area contributed by atoms with Crippen LogP contribution in [-0.2, 0) is 17.8 Å². The Morgan fingerprint density at radius 3 is 2.75 bits per heavy atom. The summed E-state index contributed by atoms with van der Waals surface area (Å²) in [7, 11) is 0. The molecule has 0 saturated heterocycles. The summed E-state index contributed by atoms with van der Waals surface area (Å²) in [6.07, 6.45) is 6.34. The number of carbonyl (C=O) groups is 1. The van der Waals surface area contributed by atoms with Crippen LogP contribution in [0.3, 0.4) is 0 Å². The maximum Gasteiger partial charge on any atom is 0.195 e. The third-order valence-corrected chi connectivity index (χ3v) is 5.63. The van der Waals surface area contributed by atoms with Gasteiger partial charge in [0.25, 0.3) is 0 Å². The molecule has 1 saturated carbocycles. The number of nitrogens with zero attached hydrogens (tertiary/aromatic N) is 1. The SMILES string of the molecule is CC(=O)CCc1nc2ccc(OCc3ccc(C4CCCC4)c(C)c3)cc2o1. The van der Waals surface area contributed by atoms with Gasteiger partial charge in [-0.1, -0.05) is 31.0 Å². The van der Waals surface area contributed by atoms with Gasteiger partial charge in [-0.25, -0.2) is 4.98 Å². The van der Waals surface area contributed by atoms with Gasteiger partial charge in [0.15, 0.2) is 11.5 Å². The van der Waals surface area contributed by atoms with Crippen molar-refractivity contribution in [3.63, 3.8) is 0 Å². The number of benzene rings is 2. The molecule has 0 unspecified atom stereocenters. The van der Waals surface area contributed by atoms with Gasteiger partial charge in [-0.3, -0.25) is 0 Å². The topological polar surface area (TPSA) is 52.3 Å². The summed E-state index contributed by atoms with van der Waals surface area (Å²) in [5, 5.41) is 0. The number of aryl methyl sites for hydroxylation is 2. The van der Waals surface area contributed by atoms with Crippen molar-refractivity contribution in [2.75, 3.05) is 0 Å². The minimum Gasteiger partial charge on any atom is -0.489 e. The fraction of sp³-hybridized carbons (Fsp3) is 0.417. The summed E-state index contributed by atoms with van der Waals surface area (Å²) in [4.78, 5) is 15.6. The highest BCUT2D eigenvalue weighted by molar-refractivity contribution is 5.76. The number of fused-ring (bicyclic) bond motifs is 1. The van der Waals surface area contributed by atoms with E-state index in [9.17, 15) is 4.79 Å². The summed E-state index contributed by atoms with van der Waals surface area (Å²) in [6.45, 7) is 4.32. The van der Waals surface area contributed by atoms with Gasteiger partial charge in [0.1, 0.15) is 23.7 Å². The highest BCUT2D eigenvalue weighted by Gasteiger charge is 2.18. The molecule has 0 spiro atoms. The second-order valence-corrected chi connectivity index (χ2v) is 7.90. The lowest BCUT2D eigenvalue weighted by atomic mass is 9.92. The molecular weight excluding hydrogens is 350 g/mol. The zero-order valence-corrected chi connectivity index (χ0v) is 16.7. The molecule has 3 aromatic rings. The Morgan fingerprint density at radius 2 is 2.00 bits per heavy atom. The standard InChI is InChI=1S/C24H27NO3/c1-16-13-18(8-10-21(16)19-5-3-4-6-19)15-27-20-9-11-22-23(14-20)28-24(25-22)12-7-17(2)26/h8-11,13-14,19H,3-7,12,15H2,1-2H3. The maximum atomic E-state index is 11.1. The fourth-order valence-electron chi connectivity index (χ4n) is 4.12. The van der Waals surface area contributed by atoms with E-state index in [-0.39, 0.29) is 5.78 Å². The monoisotopic (exact) mass is 377 g/mol. The molecule has 0 N–H and O–H groups in total. The van der Waals surface area contributed by atoms with Crippen molar-refractivity contribution >= 4 is 16.9 Å². The molecule has 4 rings (SSSR count). The van der Waals surface area contributed by atoms with Crippen LogP contribution in [-0.4, -0.2) is 10.8 Å². The van der Waals surface area contributed by atoms with Crippen LogP contribution in [0.4, 0.5) is 0 Å². The molecule has 0 radical (unpaired) electrons. The first kappa shape index (κ1) is 18.7. The zero-order valence-electron chi connectivity index (χ0n) is 16.7. The van der Waals surface area contributed by atoms with Crippen molar-refractivity contribution in [3.05, 3.63) is 59.0 Å². The Morgan fingerprint density at radius 1 is 1.18 bits per heavy atom. The van der Waals surface area contributed by atoms with Gasteiger partial charge in [0, 0.05) is 18.9 Å². The highest BCUT2D eigenvalue weighted by atomic mass is 16.5. The summed E-state index contributed by atoms with van der Waals surface area (Å²) < 4.78 is 11.7. The van der Waals surface area contributed by atoms with E-state index in [1.165, 1.54) is 42.4 Å². The lowest BCUT2D eigenvalue weighted by Gasteiger charge is -2.14. The normalized spacial score (nSPS) is 14.6. The number of oxazole rings is 1. The lowest BCUT2D eigenvalue weighted by Crippen LogP contribution is -2.00. The van der Waals surface area contributed by atoms with Gasteiger partial charge < -0.3 is 13.9 Å². The van der Waals surface area contributed by atoms with E-state index < -0.39 is 0 Å². The third kappa shape index (κ3) is 4.27. The predicted molar refractivity (Wildman–Crippen MR) is 110 cm³/mol. The number of Topliss-reactive ketones (excluding diaryl/α,β-unsaturated/α-hetero) is 1. The number of ether oxygens (including phenoxy) is 1. The molecule has 28 heavy (non-hydrogen) atoms. The Labute approximate surface area is 165 Å². The van der Waals surface area contributed by atoms with Crippen LogP contribution in [0.2, 0.25) is 0 Å². The summed E-state index contributed by atoms with van der Waals surface area (Å²) >= 11 is 0. The third-order valence-electron chi connectivity index (χ3n) is 5.63. The first-order chi connectivity index (χ1) is 13.6. The van der Waals surface area contributed by atoms with E-state index in [4.69, 9.17) is 9.15 Å². The smallest absolute Gasteiger partial charge is 0.195 e. The van der Waals surface area contributed by atoms with E-state index >= 15 is 0 Å². The van der Waals surface area contributed by atoms with Crippen LogP contribution in [0.15, 0.2) is 40.8 Å².